The Labute approximate surface area is 231 Å². The van der Waals surface area contributed by atoms with Crippen molar-refractivity contribution in [3.05, 3.63) is 47.7 Å². The molecule has 1 unspecified atom stereocenters. The fraction of sp³-hybridized carbons (Fsp3) is 0.586. The van der Waals surface area contributed by atoms with Crippen molar-refractivity contribution >= 4 is 11.7 Å². The van der Waals surface area contributed by atoms with Gasteiger partial charge in [0, 0.05) is 43.7 Å². The Morgan fingerprint density at radius 2 is 1.77 bits per heavy atom. The van der Waals surface area contributed by atoms with Crippen LogP contribution < -0.4 is 14.4 Å². The van der Waals surface area contributed by atoms with Gasteiger partial charge in [0.05, 0.1) is 33.2 Å². The van der Waals surface area contributed by atoms with Crippen LogP contribution in [0.3, 0.4) is 0 Å². The molecule has 1 saturated carbocycles. The monoisotopic (exact) mass is 565 g/mol. The second kappa shape index (κ2) is 11.4. The van der Waals surface area contributed by atoms with Crippen LogP contribution in [-0.2, 0) is 11.3 Å². The van der Waals surface area contributed by atoms with E-state index in [0.29, 0.717) is 42.8 Å². The smallest absolute Gasteiger partial charge is 0.323 e. The summed E-state index contributed by atoms with van der Waals surface area (Å²) >= 11 is 0. The minimum atomic E-state index is -4.04. The molecule has 40 heavy (non-hydrogen) atoms. The van der Waals surface area contributed by atoms with E-state index in [4.69, 9.17) is 9.47 Å². The molecule has 0 bridgehead atoms. The van der Waals surface area contributed by atoms with Crippen LogP contribution in [0.5, 0.6) is 11.6 Å². The molecule has 2 aromatic rings. The third-order valence-electron chi connectivity index (χ3n) is 8.26. The molecule has 3 fully saturated rings. The normalized spacial score (nSPS) is 21.8. The maximum Gasteiger partial charge on any atom is 0.323 e. The van der Waals surface area contributed by atoms with Crippen LogP contribution in [-0.4, -0.2) is 72.7 Å². The SMILES string of the molecule is COc1ccc(CN2CC(F)(F)C(F)(F)C2)c(N2CCC(COc3cc(C(CC(=O)O)C4CC4)ccn3)CC2)c1. The fourth-order valence-corrected chi connectivity index (χ4v) is 5.82. The molecule has 0 radical (unpaired) electrons. The van der Waals surface area contributed by atoms with E-state index in [2.05, 4.69) is 9.88 Å². The number of carboxylic acids is 1. The minimum absolute atomic E-state index is 0.000708. The number of nitrogens with zero attached hydrogens (tertiary/aromatic N) is 3. The molecule has 2 saturated heterocycles. The Balaban J connectivity index is 1.19. The number of pyridine rings is 1. The molecule has 0 amide bonds. The zero-order chi connectivity index (χ0) is 28.5. The van der Waals surface area contributed by atoms with Gasteiger partial charge in [-0.05, 0) is 66.7 Å². The third kappa shape index (κ3) is 6.45. The van der Waals surface area contributed by atoms with E-state index in [0.717, 1.165) is 41.8 Å². The number of rotatable bonds is 11. The first-order valence-electron chi connectivity index (χ1n) is 13.7. The van der Waals surface area contributed by atoms with Crippen LogP contribution in [0.2, 0.25) is 0 Å². The highest BCUT2D eigenvalue weighted by Crippen LogP contribution is 2.45. The van der Waals surface area contributed by atoms with E-state index in [1.54, 1.807) is 25.4 Å². The maximum absolute atomic E-state index is 13.8. The summed E-state index contributed by atoms with van der Waals surface area (Å²) in [7, 11) is 1.54. The molecule has 218 valence electrons. The van der Waals surface area contributed by atoms with Gasteiger partial charge in [0.2, 0.25) is 5.88 Å². The summed E-state index contributed by atoms with van der Waals surface area (Å²) in [5.41, 5.74) is 2.46. The highest BCUT2D eigenvalue weighted by molar-refractivity contribution is 5.68. The van der Waals surface area contributed by atoms with Gasteiger partial charge in [-0.25, -0.2) is 4.98 Å². The fourth-order valence-electron chi connectivity index (χ4n) is 5.82. The minimum Gasteiger partial charge on any atom is -0.497 e. The number of likely N-dealkylation sites (tertiary alicyclic amines) is 1. The maximum atomic E-state index is 13.8. The van der Waals surface area contributed by atoms with E-state index in [9.17, 15) is 27.5 Å². The number of aliphatic carboxylic acids is 1. The van der Waals surface area contributed by atoms with E-state index in [1.165, 1.54) is 0 Å². The first kappa shape index (κ1) is 28.4. The van der Waals surface area contributed by atoms with Crippen molar-refractivity contribution in [2.75, 3.05) is 44.8 Å². The Hall–Kier alpha value is -3.08. The largest absolute Gasteiger partial charge is 0.497 e. The lowest BCUT2D eigenvalue weighted by Crippen LogP contribution is -2.38. The van der Waals surface area contributed by atoms with E-state index >= 15 is 0 Å². The lowest BCUT2D eigenvalue weighted by molar-refractivity contribution is -0.172. The number of anilines is 1. The van der Waals surface area contributed by atoms with Gasteiger partial charge >= 0.3 is 17.8 Å². The first-order valence-corrected chi connectivity index (χ1v) is 13.7. The number of hydrogen-bond acceptors (Lipinski definition) is 6. The lowest BCUT2D eigenvalue weighted by Gasteiger charge is -2.35. The molecule has 1 atom stereocenters. The lowest BCUT2D eigenvalue weighted by atomic mass is 9.92. The molecule has 2 aliphatic heterocycles. The van der Waals surface area contributed by atoms with Gasteiger partial charge in [-0.15, -0.1) is 0 Å². The van der Waals surface area contributed by atoms with Crippen LogP contribution in [0.25, 0.3) is 0 Å². The second-order valence-corrected chi connectivity index (χ2v) is 11.3. The number of aromatic nitrogens is 1. The Morgan fingerprint density at radius 3 is 2.40 bits per heavy atom. The number of halogens is 4. The van der Waals surface area contributed by atoms with Gasteiger partial charge in [0.15, 0.2) is 0 Å². The summed E-state index contributed by atoms with van der Waals surface area (Å²) < 4.78 is 66.5. The second-order valence-electron chi connectivity index (χ2n) is 11.3. The summed E-state index contributed by atoms with van der Waals surface area (Å²) in [6.45, 7) is -0.0954. The highest BCUT2D eigenvalue weighted by Gasteiger charge is 2.62. The zero-order valence-electron chi connectivity index (χ0n) is 22.5. The highest BCUT2D eigenvalue weighted by atomic mass is 19.3. The van der Waals surface area contributed by atoms with Gasteiger partial charge < -0.3 is 19.5 Å². The molecule has 1 N–H and O–H groups in total. The van der Waals surface area contributed by atoms with Crippen LogP contribution in [0.15, 0.2) is 36.5 Å². The molecule has 3 aliphatic rings. The van der Waals surface area contributed by atoms with Crippen LogP contribution in [0.1, 0.15) is 49.1 Å². The number of carboxylic acid groups (broad SMARTS) is 1. The number of benzene rings is 1. The van der Waals surface area contributed by atoms with Gasteiger partial charge in [0.25, 0.3) is 0 Å². The molecular weight excluding hydrogens is 530 g/mol. The van der Waals surface area contributed by atoms with Crippen LogP contribution in [0.4, 0.5) is 23.2 Å². The van der Waals surface area contributed by atoms with E-state index in [1.807, 2.05) is 18.2 Å². The Bertz CT molecular complexity index is 1190. The van der Waals surface area contributed by atoms with Crippen LogP contribution in [0, 0.1) is 11.8 Å². The molecule has 1 aliphatic carbocycles. The van der Waals surface area contributed by atoms with Gasteiger partial charge in [-0.2, -0.15) is 17.6 Å². The molecule has 7 nitrogen and oxygen atoms in total. The number of carbonyl (C=O) groups is 1. The summed E-state index contributed by atoms with van der Waals surface area (Å²) in [4.78, 5) is 18.9. The number of ether oxygens (including phenoxy) is 2. The molecule has 3 heterocycles. The summed E-state index contributed by atoms with van der Waals surface area (Å²) in [6, 6.07) is 9.04. The van der Waals surface area contributed by atoms with Crippen LogP contribution >= 0.6 is 0 Å². The molecular formula is C29H35F4N3O4. The number of methoxy groups -OCH3 is 1. The quantitative estimate of drug-likeness (QED) is 0.364. The zero-order valence-corrected chi connectivity index (χ0v) is 22.5. The predicted octanol–water partition coefficient (Wildman–Crippen LogP) is 5.44. The van der Waals surface area contributed by atoms with Crippen molar-refractivity contribution in [1.29, 1.82) is 0 Å². The van der Waals surface area contributed by atoms with Crippen molar-refractivity contribution in [1.82, 2.24) is 9.88 Å². The third-order valence-corrected chi connectivity index (χ3v) is 8.26. The Kier molecular flexibility index (Phi) is 8.13. The number of alkyl halides is 4. The van der Waals surface area contributed by atoms with Crippen molar-refractivity contribution < 1.29 is 36.9 Å². The summed E-state index contributed by atoms with van der Waals surface area (Å²) in [5, 5.41) is 9.31. The topological polar surface area (TPSA) is 75.1 Å². The molecule has 1 aromatic heterocycles. The van der Waals surface area contributed by atoms with Gasteiger partial charge in [-0.3, -0.25) is 9.69 Å². The van der Waals surface area contributed by atoms with Crippen molar-refractivity contribution in [3.8, 4) is 11.6 Å². The Morgan fingerprint density at radius 1 is 1.07 bits per heavy atom. The summed E-state index contributed by atoms with van der Waals surface area (Å²) in [6.07, 6.45) is 5.49. The molecule has 5 rings (SSSR count). The van der Waals surface area contributed by atoms with Gasteiger partial charge in [-0.1, -0.05) is 6.07 Å². The predicted molar refractivity (Wildman–Crippen MR) is 141 cm³/mol. The van der Waals surface area contributed by atoms with E-state index in [-0.39, 0.29) is 24.8 Å². The van der Waals surface area contributed by atoms with Crippen molar-refractivity contribution in [2.45, 2.75) is 56.4 Å². The standard InChI is InChI=1S/C29H35F4N3O4/c1-39-23-5-4-22(15-35-17-28(30,31)29(32,33)18-35)25(13-23)36-10-7-19(8-11-36)16-40-26-12-21(6-9-34-26)24(14-27(37)38)20-2-3-20/h4-6,9,12-13,19-20,24H,2-3,7-8,10-11,14-18H2,1H3,(H,37,38). The average Bonchev–Trinajstić information content (AvgIpc) is 3.73. The first-order chi connectivity index (χ1) is 19.0. The van der Waals surface area contributed by atoms with Gasteiger partial charge in [0.1, 0.15) is 5.75 Å². The molecule has 1 aromatic carbocycles. The van der Waals surface area contributed by atoms with Crippen molar-refractivity contribution in [3.63, 3.8) is 0 Å². The molecule has 11 heteroatoms. The summed E-state index contributed by atoms with van der Waals surface area (Å²) in [5.74, 6) is -7.15. The average molecular weight is 566 g/mol. The molecule has 0 spiro atoms. The number of piperidine rings is 1. The van der Waals surface area contributed by atoms with E-state index < -0.39 is 30.9 Å². The van der Waals surface area contributed by atoms with Crippen molar-refractivity contribution in [2.24, 2.45) is 11.8 Å². The number of hydrogen-bond donors (Lipinski definition) is 1.